The Kier molecular flexibility index (Phi) is 6.46. The maximum absolute atomic E-state index is 13.0. The standard InChI is InChI=1S/C16H26FNO/c1-5-16(6-2,19-7-3)15(18-4)12-13-8-10-14(17)11-9-13/h8-11,15,18H,5-7,12H2,1-4H3. The van der Waals surface area contributed by atoms with E-state index < -0.39 is 0 Å². The minimum absolute atomic E-state index is 0.155. The van der Waals surface area contributed by atoms with Crippen molar-refractivity contribution in [3.05, 3.63) is 35.6 Å². The molecular weight excluding hydrogens is 241 g/mol. The topological polar surface area (TPSA) is 21.3 Å². The highest BCUT2D eigenvalue weighted by Crippen LogP contribution is 2.27. The summed E-state index contributed by atoms with van der Waals surface area (Å²) in [7, 11) is 1.97. The van der Waals surface area contributed by atoms with Gasteiger partial charge in [-0.1, -0.05) is 26.0 Å². The fourth-order valence-corrected chi connectivity index (χ4v) is 2.74. The van der Waals surface area contributed by atoms with Gasteiger partial charge in [-0.25, -0.2) is 4.39 Å². The summed E-state index contributed by atoms with van der Waals surface area (Å²) in [6, 6.07) is 6.96. The molecule has 0 aliphatic carbocycles. The normalized spacial score (nSPS) is 13.5. The fraction of sp³-hybridized carbons (Fsp3) is 0.625. The van der Waals surface area contributed by atoms with Crippen LogP contribution in [0, 0.1) is 5.82 Å². The lowest BCUT2D eigenvalue weighted by atomic mass is 9.84. The smallest absolute Gasteiger partial charge is 0.123 e. The van der Waals surface area contributed by atoms with Gasteiger partial charge in [0.2, 0.25) is 0 Å². The van der Waals surface area contributed by atoms with Crippen LogP contribution in [0.4, 0.5) is 4.39 Å². The molecule has 19 heavy (non-hydrogen) atoms. The summed E-state index contributed by atoms with van der Waals surface area (Å²) in [4.78, 5) is 0. The van der Waals surface area contributed by atoms with Gasteiger partial charge in [-0.2, -0.15) is 0 Å². The number of nitrogens with one attached hydrogen (secondary N) is 1. The van der Waals surface area contributed by atoms with Crippen LogP contribution >= 0.6 is 0 Å². The van der Waals surface area contributed by atoms with Gasteiger partial charge >= 0.3 is 0 Å². The molecule has 0 amide bonds. The van der Waals surface area contributed by atoms with Crippen molar-refractivity contribution in [3.8, 4) is 0 Å². The summed E-state index contributed by atoms with van der Waals surface area (Å²) >= 11 is 0. The Balaban J connectivity index is 2.88. The Labute approximate surface area is 116 Å². The summed E-state index contributed by atoms with van der Waals surface area (Å²) in [5.74, 6) is -0.188. The van der Waals surface area contributed by atoms with E-state index in [4.69, 9.17) is 4.74 Å². The molecule has 1 rings (SSSR count). The fourth-order valence-electron chi connectivity index (χ4n) is 2.74. The minimum atomic E-state index is -0.188. The monoisotopic (exact) mass is 267 g/mol. The van der Waals surface area contributed by atoms with Crippen LogP contribution in [-0.4, -0.2) is 25.3 Å². The molecule has 0 bridgehead atoms. The summed E-state index contributed by atoms with van der Waals surface area (Å²) < 4.78 is 19.0. The van der Waals surface area contributed by atoms with Gasteiger partial charge < -0.3 is 10.1 Å². The molecule has 0 fully saturated rings. The summed E-state index contributed by atoms with van der Waals surface area (Å²) in [6.07, 6.45) is 2.77. The predicted octanol–water partition coefficient (Wildman–Crippen LogP) is 3.55. The number of likely N-dealkylation sites (N-methyl/N-ethyl adjacent to an activating group) is 1. The van der Waals surface area contributed by atoms with Crippen molar-refractivity contribution in [1.82, 2.24) is 5.32 Å². The van der Waals surface area contributed by atoms with Crippen LogP contribution in [0.15, 0.2) is 24.3 Å². The zero-order valence-electron chi connectivity index (χ0n) is 12.5. The molecule has 0 aliphatic rings. The van der Waals surface area contributed by atoms with Crippen LogP contribution in [-0.2, 0) is 11.2 Å². The third-order valence-corrected chi connectivity index (χ3v) is 3.97. The number of benzene rings is 1. The van der Waals surface area contributed by atoms with Crippen LogP contribution in [0.1, 0.15) is 39.2 Å². The molecule has 0 saturated heterocycles. The molecule has 0 radical (unpaired) electrons. The Morgan fingerprint density at radius 3 is 2.16 bits per heavy atom. The van der Waals surface area contributed by atoms with Crippen molar-refractivity contribution < 1.29 is 9.13 Å². The number of rotatable bonds is 8. The van der Waals surface area contributed by atoms with Crippen LogP contribution in [0.5, 0.6) is 0 Å². The maximum atomic E-state index is 13.0. The Morgan fingerprint density at radius 1 is 1.16 bits per heavy atom. The molecule has 0 spiro atoms. The number of hydrogen-bond acceptors (Lipinski definition) is 2. The molecule has 0 saturated carbocycles. The third kappa shape index (κ3) is 4.02. The summed E-state index contributed by atoms with van der Waals surface area (Å²) in [5, 5.41) is 3.37. The lowest BCUT2D eigenvalue weighted by Gasteiger charge is -2.39. The second-order valence-corrected chi connectivity index (χ2v) is 4.88. The zero-order chi connectivity index (χ0) is 14.3. The lowest BCUT2D eigenvalue weighted by Crippen LogP contribution is -2.52. The Morgan fingerprint density at radius 2 is 1.74 bits per heavy atom. The Hall–Kier alpha value is -0.930. The van der Waals surface area contributed by atoms with Gasteiger partial charge in [-0.05, 0) is 50.9 Å². The second-order valence-electron chi connectivity index (χ2n) is 4.88. The highest BCUT2D eigenvalue weighted by atomic mass is 19.1. The third-order valence-electron chi connectivity index (χ3n) is 3.97. The van der Waals surface area contributed by atoms with E-state index in [9.17, 15) is 4.39 Å². The quantitative estimate of drug-likeness (QED) is 0.777. The zero-order valence-corrected chi connectivity index (χ0v) is 12.5. The first-order chi connectivity index (χ1) is 9.11. The average molecular weight is 267 g/mol. The van der Waals surface area contributed by atoms with Crippen LogP contribution in [0.3, 0.4) is 0 Å². The van der Waals surface area contributed by atoms with Crippen molar-refractivity contribution in [1.29, 1.82) is 0 Å². The molecule has 1 atom stereocenters. The molecule has 2 nitrogen and oxygen atoms in total. The van der Waals surface area contributed by atoms with E-state index in [0.717, 1.165) is 24.8 Å². The lowest BCUT2D eigenvalue weighted by molar-refractivity contribution is -0.0703. The van der Waals surface area contributed by atoms with E-state index in [0.29, 0.717) is 6.61 Å². The van der Waals surface area contributed by atoms with Crippen LogP contribution < -0.4 is 5.32 Å². The largest absolute Gasteiger partial charge is 0.374 e. The van der Waals surface area contributed by atoms with E-state index in [-0.39, 0.29) is 17.5 Å². The number of ether oxygens (including phenoxy) is 1. The van der Waals surface area contributed by atoms with E-state index >= 15 is 0 Å². The van der Waals surface area contributed by atoms with Crippen molar-refractivity contribution in [2.75, 3.05) is 13.7 Å². The molecule has 0 aromatic heterocycles. The molecule has 1 unspecified atom stereocenters. The van der Waals surface area contributed by atoms with E-state index in [1.54, 1.807) is 0 Å². The molecule has 0 aliphatic heterocycles. The van der Waals surface area contributed by atoms with E-state index in [2.05, 4.69) is 19.2 Å². The molecular formula is C16H26FNO. The maximum Gasteiger partial charge on any atom is 0.123 e. The molecule has 1 aromatic carbocycles. The van der Waals surface area contributed by atoms with Gasteiger partial charge in [-0.15, -0.1) is 0 Å². The second kappa shape index (κ2) is 7.61. The summed E-state index contributed by atoms with van der Waals surface area (Å²) in [5.41, 5.74) is 0.976. The highest BCUT2D eigenvalue weighted by molar-refractivity contribution is 5.18. The SMILES string of the molecule is CCOC(CC)(CC)C(Cc1ccc(F)cc1)NC. The molecule has 1 aromatic rings. The van der Waals surface area contributed by atoms with Gasteiger partial charge in [0.05, 0.1) is 5.60 Å². The first kappa shape index (κ1) is 16.1. The Bertz CT molecular complexity index is 360. The van der Waals surface area contributed by atoms with Crippen molar-refractivity contribution in [2.24, 2.45) is 0 Å². The van der Waals surface area contributed by atoms with Gasteiger partial charge in [0.1, 0.15) is 5.82 Å². The first-order valence-electron chi connectivity index (χ1n) is 7.17. The number of halogens is 1. The minimum Gasteiger partial charge on any atom is -0.374 e. The molecule has 0 heterocycles. The van der Waals surface area contributed by atoms with Crippen molar-refractivity contribution in [3.63, 3.8) is 0 Å². The van der Waals surface area contributed by atoms with Crippen molar-refractivity contribution >= 4 is 0 Å². The van der Waals surface area contributed by atoms with E-state index in [1.807, 2.05) is 26.1 Å². The van der Waals surface area contributed by atoms with Gasteiger partial charge in [-0.3, -0.25) is 0 Å². The van der Waals surface area contributed by atoms with Gasteiger partial charge in [0.25, 0.3) is 0 Å². The highest BCUT2D eigenvalue weighted by Gasteiger charge is 2.35. The molecule has 1 N–H and O–H groups in total. The first-order valence-corrected chi connectivity index (χ1v) is 7.17. The molecule has 108 valence electrons. The number of hydrogen-bond donors (Lipinski definition) is 1. The van der Waals surface area contributed by atoms with Crippen LogP contribution in [0.2, 0.25) is 0 Å². The van der Waals surface area contributed by atoms with E-state index in [1.165, 1.54) is 12.1 Å². The van der Waals surface area contributed by atoms with Gasteiger partial charge in [0.15, 0.2) is 0 Å². The summed E-state index contributed by atoms with van der Waals surface area (Å²) in [6.45, 7) is 7.07. The molecule has 3 heteroatoms. The van der Waals surface area contributed by atoms with Gasteiger partial charge in [0, 0.05) is 12.6 Å². The predicted molar refractivity (Wildman–Crippen MR) is 77.9 cm³/mol. The average Bonchev–Trinajstić information content (AvgIpc) is 2.44. The van der Waals surface area contributed by atoms with Crippen LogP contribution in [0.25, 0.3) is 0 Å². The van der Waals surface area contributed by atoms with Crippen molar-refractivity contribution in [2.45, 2.75) is 51.7 Å².